The van der Waals surface area contributed by atoms with Crippen LogP contribution in [0.2, 0.25) is 0 Å². The Hall–Kier alpha value is -2.00. The van der Waals surface area contributed by atoms with E-state index in [9.17, 15) is 4.79 Å². The van der Waals surface area contributed by atoms with Crippen molar-refractivity contribution in [1.82, 2.24) is 5.32 Å². The normalized spacial score (nSPS) is 11.7. The maximum Gasteiger partial charge on any atom is 0.255 e. The first kappa shape index (κ1) is 15.4. The van der Waals surface area contributed by atoms with E-state index in [4.69, 9.17) is 16.3 Å². The molecule has 0 bridgehead atoms. The molecule has 4 heteroatoms. The second kappa shape index (κ2) is 7.70. The van der Waals surface area contributed by atoms with Crippen molar-refractivity contribution in [2.24, 2.45) is 0 Å². The number of amides is 1. The fraction of sp³-hybridized carbons (Fsp3) is 0.235. The molecule has 0 aliphatic carbocycles. The first-order chi connectivity index (χ1) is 10.2. The van der Waals surface area contributed by atoms with E-state index in [0.717, 1.165) is 5.56 Å². The van der Waals surface area contributed by atoms with Crippen LogP contribution in [0.3, 0.4) is 0 Å². The van der Waals surface area contributed by atoms with Gasteiger partial charge in [-0.15, -0.1) is 11.6 Å². The minimum absolute atomic E-state index is 0.119. The van der Waals surface area contributed by atoms with Crippen molar-refractivity contribution in [2.75, 3.05) is 13.0 Å². The summed E-state index contributed by atoms with van der Waals surface area (Å²) in [5.74, 6) is 0.743. The number of hydrogen-bond donors (Lipinski definition) is 1. The van der Waals surface area contributed by atoms with Crippen LogP contribution in [0, 0.1) is 0 Å². The summed E-state index contributed by atoms with van der Waals surface area (Å²) in [5, 5.41) is 2.96. The lowest BCUT2D eigenvalue weighted by atomic mass is 10.1. The summed E-state index contributed by atoms with van der Waals surface area (Å²) in [7, 11) is 1.55. The second-order valence-corrected chi connectivity index (χ2v) is 5.02. The van der Waals surface area contributed by atoms with Gasteiger partial charge >= 0.3 is 0 Å². The number of halogens is 1. The molecular weight excluding hydrogens is 286 g/mol. The van der Waals surface area contributed by atoms with Gasteiger partial charge in [0, 0.05) is 11.9 Å². The Bertz CT molecular complexity index is 586. The topological polar surface area (TPSA) is 38.3 Å². The molecule has 0 aliphatic heterocycles. The van der Waals surface area contributed by atoms with Gasteiger partial charge in [0.15, 0.2) is 0 Å². The summed E-state index contributed by atoms with van der Waals surface area (Å²) >= 11 is 5.98. The molecule has 0 saturated heterocycles. The second-order valence-electron chi connectivity index (χ2n) is 4.71. The smallest absolute Gasteiger partial charge is 0.255 e. The molecule has 1 N–H and O–H groups in total. The number of para-hydroxylation sites is 1. The zero-order valence-corrected chi connectivity index (χ0v) is 12.6. The van der Waals surface area contributed by atoms with Gasteiger partial charge < -0.3 is 10.1 Å². The number of carbonyl (C=O) groups is 1. The zero-order chi connectivity index (χ0) is 15.1. The van der Waals surface area contributed by atoms with E-state index >= 15 is 0 Å². The Balaban J connectivity index is 2.06. The third-order valence-corrected chi connectivity index (χ3v) is 3.57. The lowest BCUT2D eigenvalue weighted by Crippen LogP contribution is -2.37. The predicted octanol–water partition coefficient (Wildman–Crippen LogP) is 3.28. The SMILES string of the molecule is COc1ccccc1C(=O)N[C@H](CCl)Cc1ccccc1. The van der Waals surface area contributed by atoms with Crippen LogP contribution >= 0.6 is 11.6 Å². The average molecular weight is 304 g/mol. The number of alkyl halides is 1. The number of hydrogen-bond acceptors (Lipinski definition) is 2. The molecule has 0 heterocycles. The maximum atomic E-state index is 12.3. The first-order valence-electron chi connectivity index (χ1n) is 6.78. The van der Waals surface area contributed by atoms with E-state index in [2.05, 4.69) is 5.32 Å². The van der Waals surface area contributed by atoms with Crippen LogP contribution in [0.15, 0.2) is 54.6 Å². The Kier molecular flexibility index (Phi) is 5.64. The predicted molar refractivity (Wildman–Crippen MR) is 85.1 cm³/mol. The van der Waals surface area contributed by atoms with E-state index < -0.39 is 0 Å². The monoisotopic (exact) mass is 303 g/mol. The lowest BCUT2D eigenvalue weighted by Gasteiger charge is -2.17. The van der Waals surface area contributed by atoms with Crippen LogP contribution in [0.5, 0.6) is 5.75 Å². The molecule has 21 heavy (non-hydrogen) atoms. The van der Waals surface area contributed by atoms with Crippen molar-refractivity contribution in [1.29, 1.82) is 0 Å². The van der Waals surface area contributed by atoms with Gasteiger partial charge in [-0.05, 0) is 24.1 Å². The van der Waals surface area contributed by atoms with Crippen LogP contribution in [-0.2, 0) is 6.42 Å². The molecule has 0 unspecified atom stereocenters. The number of benzene rings is 2. The Labute approximate surface area is 129 Å². The van der Waals surface area contributed by atoms with Crippen molar-refractivity contribution >= 4 is 17.5 Å². The maximum absolute atomic E-state index is 12.3. The van der Waals surface area contributed by atoms with Crippen molar-refractivity contribution in [3.05, 3.63) is 65.7 Å². The highest BCUT2D eigenvalue weighted by Crippen LogP contribution is 2.17. The third-order valence-electron chi connectivity index (χ3n) is 3.20. The molecule has 0 spiro atoms. The standard InChI is InChI=1S/C17H18ClNO2/c1-21-16-10-6-5-9-15(16)17(20)19-14(12-18)11-13-7-3-2-4-8-13/h2-10,14H,11-12H2,1H3,(H,19,20)/t14-/m0/s1. The van der Waals surface area contributed by atoms with Gasteiger partial charge in [-0.2, -0.15) is 0 Å². The van der Waals surface area contributed by atoms with E-state index in [0.29, 0.717) is 23.6 Å². The number of nitrogens with one attached hydrogen (secondary N) is 1. The Morgan fingerprint density at radius 1 is 1.14 bits per heavy atom. The summed E-state index contributed by atoms with van der Waals surface area (Å²) in [6, 6.07) is 17.0. The van der Waals surface area contributed by atoms with E-state index in [1.54, 1.807) is 19.2 Å². The molecule has 110 valence electrons. The van der Waals surface area contributed by atoms with E-state index in [1.165, 1.54) is 0 Å². The van der Waals surface area contributed by atoms with Gasteiger partial charge in [-0.25, -0.2) is 0 Å². The highest BCUT2D eigenvalue weighted by molar-refractivity contribution is 6.18. The molecule has 1 atom stereocenters. The highest BCUT2D eigenvalue weighted by atomic mass is 35.5. The van der Waals surface area contributed by atoms with E-state index in [-0.39, 0.29) is 11.9 Å². The summed E-state index contributed by atoms with van der Waals surface area (Å²) in [6.07, 6.45) is 0.700. The van der Waals surface area contributed by atoms with Crippen LogP contribution in [0.25, 0.3) is 0 Å². The quantitative estimate of drug-likeness (QED) is 0.832. The summed E-state index contributed by atoms with van der Waals surface area (Å²) in [5.41, 5.74) is 1.66. The van der Waals surface area contributed by atoms with Gasteiger partial charge in [0.2, 0.25) is 0 Å². The third kappa shape index (κ3) is 4.23. The Morgan fingerprint density at radius 2 is 1.81 bits per heavy atom. The molecule has 0 aromatic heterocycles. The highest BCUT2D eigenvalue weighted by Gasteiger charge is 2.16. The summed E-state index contributed by atoms with van der Waals surface area (Å²) < 4.78 is 5.21. The number of carbonyl (C=O) groups excluding carboxylic acids is 1. The molecule has 3 nitrogen and oxygen atoms in total. The zero-order valence-electron chi connectivity index (χ0n) is 11.9. The first-order valence-corrected chi connectivity index (χ1v) is 7.32. The molecule has 0 saturated carbocycles. The molecule has 0 radical (unpaired) electrons. The largest absolute Gasteiger partial charge is 0.496 e. The van der Waals surface area contributed by atoms with Crippen LogP contribution in [0.1, 0.15) is 15.9 Å². The molecule has 0 fully saturated rings. The molecule has 2 rings (SSSR count). The van der Waals surface area contributed by atoms with Crippen LogP contribution in [-0.4, -0.2) is 24.9 Å². The van der Waals surface area contributed by atoms with Crippen molar-refractivity contribution in [3.8, 4) is 5.75 Å². The minimum Gasteiger partial charge on any atom is -0.496 e. The average Bonchev–Trinajstić information content (AvgIpc) is 2.55. The molecule has 1 amide bonds. The molecule has 0 aliphatic rings. The van der Waals surface area contributed by atoms with Gasteiger partial charge in [0.05, 0.1) is 12.7 Å². The lowest BCUT2D eigenvalue weighted by molar-refractivity contribution is 0.0937. The van der Waals surface area contributed by atoms with Gasteiger partial charge in [0.25, 0.3) is 5.91 Å². The minimum atomic E-state index is -0.172. The van der Waals surface area contributed by atoms with Crippen molar-refractivity contribution in [2.45, 2.75) is 12.5 Å². The summed E-state index contributed by atoms with van der Waals surface area (Å²) in [6.45, 7) is 0. The van der Waals surface area contributed by atoms with E-state index in [1.807, 2.05) is 42.5 Å². The van der Waals surface area contributed by atoms with Gasteiger partial charge in [-0.1, -0.05) is 42.5 Å². The van der Waals surface area contributed by atoms with Crippen LogP contribution in [0.4, 0.5) is 0 Å². The number of ether oxygens (including phenoxy) is 1. The molecule has 2 aromatic rings. The Morgan fingerprint density at radius 3 is 2.48 bits per heavy atom. The molecular formula is C17H18ClNO2. The fourth-order valence-corrected chi connectivity index (χ4v) is 2.32. The molecule has 2 aromatic carbocycles. The van der Waals surface area contributed by atoms with Crippen molar-refractivity contribution in [3.63, 3.8) is 0 Å². The van der Waals surface area contributed by atoms with Crippen LogP contribution < -0.4 is 10.1 Å². The fourth-order valence-electron chi connectivity index (χ4n) is 2.14. The number of methoxy groups -OCH3 is 1. The van der Waals surface area contributed by atoms with Gasteiger partial charge in [-0.3, -0.25) is 4.79 Å². The number of rotatable bonds is 6. The van der Waals surface area contributed by atoms with Gasteiger partial charge in [0.1, 0.15) is 5.75 Å². The summed E-state index contributed by atoms with van der Waals surface area (Å²) in [4.78, 5) is 12.3. The van der Waals surface area contributed by atoms with Crippen molar-refractivity contribution < 1.29 is 9.53 Å².